The van der Waals surface area contributed by atoms with Crippen molar-refractivity contribution in [3.05, 3.63) is 81.9 Å². The molecule has 0 spiro atoms. The Kier molecular flexibility index (Phi) is 6.74. The van der Waals surface area contributed by atoms with Crippen molar-refractivity contribution in [2.75, 3.05) is 0 Å². The minimum atomic E-state index is -1.52. The second kappa shape index (κ2) is 9.74. The maximum atomic E-state index is 12.9. The van der Waals surface area contributed by atoms with Crippen LogP contribution in [-0.2, 0) is 17.8 Å². The minimum Gasteiger partial charge on any atom is -0.475 e. The van der Waals surface area contributed by atoms with E-state index in [0.717, 1.165) is 59.0 Å². The first-order valence-corrected chi connectivity index (χ1v) is 11.9. The van der Waals surface area contributed by atoms with Crippen molar-refractivity contribution in [2.45, 2.75) is 53.0 Å². The molecular formula is C29H30N2O4. The Hall–Kier alpha value is -3.93. The van der Waals surface area contributed by atoms with Crippen molar-refractivity contribution in [1.82, 2.24) is 4.57 Å². The number of carbonyl (C=O) groups excluding carboxylic acids is 2. The molecule has 0 atom stereocenters. The van der Waals surface area contributed by atoms with Crippen LogP contribution in [0.4, 0.5) is 0 Å². The number of carbonyl (C=O) groups is 3. The Balaban J connectivity index is 2.09. The first-order valence-electron chi connectivity index (χ1n) is 11.9. The molecule has 0 fully saturated rings. The monoisotopic (exact) mass is 470 g/mol. The van der Waals surface area contributed by atoms with E-state index in [0.29, 0.717) is 17.3 Å². The highest BCUT2D eigenvalue weighted by Crippen LogP contribution is 2.36. The lowest BCUT2D eigenvalue weighted by Gasteiger charge is -2.13. The molecule has 0 saturated carbocycles. The van der Waals surface area contributed by atoms with Crippen molar-refractivity contribution in [3.8, 4) is 0 Å². The van der Waals surface area contributed by atoms with Gasteiger partial charge in [-0.05, 0) is 67.6 Å². The topological polar surface area (TPSA) is 102 Å². The van der Waals surface area contributed by atoms with Gasteiger partial charge < -0.3 is 15.4 Å². The van der Waals surface area contributed by atoms with Crippen molar-refractivity contribution in [1.29, 1.82) is 0 Å². The Morgan fingerprint density at radius 3 is 2.31 bits per heavy atom. The summed E-state index contributed by atoms with van der Waals surface area (Å²) in [6.07, 6.45) is 3.76. The van der Waals surface area contributed by atoms with Gasteiger partial charge in [0.1, 0.15) is 0 Å². The SMILES string of the molecule is CCCCCc1cc(C(=O)C(=O)O)c2c3c(C(N)=O)cccc3n(Cc3ccc(C)cc3C)c2c1. The number of aliphatic carboxylic acids is 1. The van der Waals surface area contributed by atoms with E-state index >= 15 is 0 Å². The molecule has 0 aliphatic rings. The van der Waals surface area contributed by atoms with E-state index < -0.39 is 17.7 Å². The standard InChI is InChI=1S/C29H30N2O4/c1-4-5-6-8-19-14-22(27(32)29(34)35)26-24(15-19)31(16-20-12-11-17(2)13-18(20)3)23-10-7-9-21(25(23)26)28(30)33/h7,9-15H,4-6,8,16H2,1-3H3,(H2,30,33)(H,34,35). The van der Waals surface area contributed by atoms with E-state index in [4.69, 9.17) is 5.73 Å². The molecule has 0 saturated heterocycles. The maximum Gasteiger partial charge on any atom is 0.377 e. The zero-order chi connectivity index (χ0) is 25.3. The van der Waals surface area contributed by atoms with Crippen molar-refractivity contribution >= 4 is 39.5 Å². The summed E-state index contributed by atoms with van der Waals surface area (Å²) in [7, 11) is 0. The Morgan fingerprint density at radius 1 is 0.914 bits per heavy atom. The van der Waals surface area contributed by atoms with Gasteiger partial charge in [-0.1, -0.05) is 49.6 Å². The summed E-state index contributed by atoms with van der Waals surface area (Å²) in [5.74, 6) is -3.14. The fourth-order valence-electron chi connectivity index (χ4n) is 4.91. The average molecular weight is 471 g/mol. The van der Waals surface area contributed by atoms with Crippen LogP contribution in [0.25, 0.3) is 21.8 Å². The third-order valence-corrected chi connectivity index (χ3v) is 6.65. The van der Waals surface area contributed by atoms with E-state index in [1.807, 2.05) is 19.1 Å². The number of nitrogens with zero attached hydrogens (tertiary/aromatic N) is 1. The number of carboxylic acid groups (broad SMARTS) is 1. The number of nitrogens with two attached hydrogens (primary N) is 1. The lowest BCUT2D eigenvalue weighted by atomic mass is 9.95. The second-order valence-corrected chi connectivity index (χ2v) is 9.21. The summed E-state index contributed by atoms with van der Waals surface area (Å²) in [6.45, 7) is 6.73. The average Bonchev–Trinajstić information content (AvgIpc) is 3.13. The molecule has 180 valence electrons. The highest BCUT2D eigenvalue weighted by atomic mass is 16.4. The molecule has 4 aromatic rings. The lowest BCUT2D eigenvalue weighted by molar-refractivity contribution is -0.131. The second-order valence-electron chi connectivity index (χ2n) is 9.21. The largest absolute Gasteiger partial charge is 0.475 e. The van der Waals surface area contributed by atoms with Crippen LogP contribution in [0.15, 0.2) is 48.5 Å². The van der Waals surface area contributed by atoms with Crippen LogP contribution in [0.1, 0.15) is 69.2 Å². The fraction of sp³-hybridized carbons (Fsp3) is 0.276. The molecule has 0 aliphatic carbocycles. The Morgan fingerprint density at radius 2 is 1.66 bits per heavy atom. The van der Waals surface area contributed by atoms with Crippen LogP contribution in [0, 0.1) is 13.8 Å². The van der Waals surface area contributed by atoms with Gasteiger partial charge in [0.2, 0.25) is 5.91 Å². The predicted molar refractivity (Wildman–Crippen MR) is 138 cm³/mol. The number of aromatic nitrogens is 1. The molecule has 6 nitrogen and oxygen atoms in total. The van der Waals surface area contributed by atoms with Gasteiger partial charge in [-0.3, -0.25) is 9.59 Å². The van der Waals surface area contributed by atoms with Crippen molar-refractivity contribution < 1.29 is 19.5 Å². The van der Waals surface area contributed by atoms with E-state index in [9.17, 15) is 19.5 Å². The quantitative estimate of drug-likeness (QED) is 0.190. The normalized spacial score (nSPS) is 11.3. The number of amides is 1. The molecule has 0 bridgehead atoms. The number of benzene rings is 3. The van der Waals surface area contributed by atoms with Gasteiger partial charge >= 0.3 is 5.97 Å². The number of rotatable bonds is 9. The minimum absolute atomic E-state index is 0.0968. The van der Waals surface area contributed by atoms with E-state index in [1.165, 1.54) is 0 Å². The molecular weight excluding hydrogens is 440 g/mol. The number of unbranched alkanes of at least 4 members (excludes halogenated alkanes) is 2. The van der Waals surface area contributed by atoms with Crippen LogP contribution in [-0.4, -0.2) is 27.3 Å². The molecule has 1 aromatic heterocycles. The summed E-state index contributed by atoms with van der Waals surface area (Å²) in [6, 6.07) is 15.2. The number of ketones is 1. The first-order chi connectivity index (χ1) is 16.7. The molecule has 0 unspecified atom stereocenters. The van der Waals surface area contributed by atoms with Gasteiger partial charge in [0.15, 0.2) is 0 Å². The van der Waals surface area contributed by atoms with Crippen LogP contribution >= 0.6 is 0 Å². The van der Waals surface area contributed by atoms with Crippen LogP contribution in [0.5, 0.6) is 0 Å². The summed E-state index contributed by atoms with van der Waals surface area (Å²) in [4.78, 5) is 37.1. The third kappa shape index (κ3) is 4.56. The fourth-order valence-corrected chi connectivity index (χ4v) is 4.91. The molecule has 0 radical (unpaired) electrons. The van der Waals surface area contributed by atoms with Crippen LogP contribution in [0.3, 0.4) is 0 Å². The van der Waals surface area contributed by atoms with Crippen molar-refractivity contribution in [2.24, 2.45) is 5.73 Å². The summed E-state index contributed by atoms with van der Waals surface area (Å²) in [5, 5.41) is 10.6. The highest BCUT2D eigenvalue weighted by Gasteiger charge is 2.25. The molecule has 0 aliphatic heterocycles. The number of hydrogen-bond acceptors (Lipinski definition) is 3. The van der Waals surface area contributed by atoms with E-state index in [1.54, 1.807) is 18.2 Å². The number of hydrogen-bond donors (Lipinski definition) is 2. The molecule has 1 amide bonds. The first kappa shape index (κ1) is 24.2. The summed E-state index contributed by atoms with van der Waals surface area (Å²) in [5.41, 5.74) is 11.9. The third-order valence-electron chi connectivity index (χ3n) is 6.65. The lowest BCUT2D eigenvalue weighted by Crippen LogP contribution is -2.14. The van der Waals surface area contributed by atoms with Gasteiger partial charge in [-0.2, -0.15) is 0 Å². The number of primary amides is 1. The summed E-state index contributed by atoms with van der Waals surface area (Å²) < 4.78 is 2.07. The molecule has 6 heteroatoms. The van der Waals surface area contributed by atoms with Crippen LogP contribution < -0.4 is 5.73 Å². The van der Waals surface area contributed by atoms with E-state index in [2.05, 4.69) is 36.6 Å². The zero-order valence-electron chi connectivity index (χ0n) is 20.4. The van der Waals surface area contributed by atoms with Gasteiger partial charge in [0.25, 0.3) is 5.78 Å². The van der Waals surface area contributed by atoms with Gasteiger partial charge in [-0.25, -0.2) is 4.79 Å². The molecule has 3 aromatic carbocycles. The van der Waals surface area contributed by atoms with Crippen LogP contribution in [0.2, 0.25) is 0 Å². The molecule has 4 rings (SSSR count). The number of fused-ring (bicyclic) bond motifs is 3. The molecule has 1 heterocycles. The zero-order valence-corrected chi connectivity index (χ0v) is 20.4. The number of aryl methyl sites for hydroxylation is 3. The molecule has 35 heavy (non-hydrogen) atoms. The maximum absolute atomic E-state index is 12.9. The van der Waals surface area contributed by atoms with Gasteiger partial charge in [0, 0.05) is 28.4 Å². The Bertz CT molecular complexity index is 1480. The number of carboxylic acids is 1. The Labute approximate surface area is 204 Å². The van der Waals surface area contributed by atoms with E-state index in [-0.39, 0.29) is 11.1 Å². The summed E-state index contributed by atoms with van der Waals surface area (Å²) >= 11 is 0. The van der Waals surface area contributed by atoms with Crippen molar-refractivity contribution in [3.63, 3.8) is 0 Å². The highest BCUT2D eigenvalue weighted by molar-refractivity contribution is 6.43. The number of Topliss-reactive ketones (excluding diaryl/α,β-unsaturated/α-hetero) is 1. The smallest absolute Gasteiger partial charge is 0.377 e. The van der Waals surface area contributed by atoms with Gasteiger partial charge in [-0.15, -0.1) is 0 Å². The predicted octanol–water partition coefficient (Wildman–Crippen LogP) is 5.56. The van der Waals surface area contributed by atoms with Gasteiger partial charge in [0.05, 0.1) is 11.0 Å². The molecule has 3 N–H and O–H groups in total.